The van der Waals surface area contributed by atoms with Crippen molar-refractivity contribution >= 4 is 21.7 Å². The zero-order valence-electron chi connectivity index (χ0n) is 7.76. The van der Waals surface area contributed by atoms with Crippen LogP contribution in [0.3, 0.4) is 0 Å². The quantitative estimate of drug-likeness (QED) is 0.905. The van der Waals surface area contributed by atoms with Crippen LogP contribution >= 0.6 is 15.9 Å². The van der Waals surface area contributed by atoms with Crippen LogP contribution in [-0.4, -0.2) is 12.3 Å². The maximum absolute atomic E-state index is 13.1. The summed E-state index contributed by atoms with van der Waals surface area (Å²) in [5, 5.41) is 0. The van der Waals surface area contributed by atoms with Crippen LogP contribution in [0, 0.1) is 5.82 Å². The Morgan fingerprint density at radius 1 is 1.64 bits per heavy atom. The summed E-state index contributed by atoms with van der Waals surface area (Å²) in [5.74, 6) is -0.825. The monoisotopic (exact) mass is 259 g/mol. The van der Waals surface area contributed by atoms with Crippen molar-refractivity contribution in [3.8, 4) is 0 Å². The topological polar surface area (TPSA) is 43.1 Å². The molecule has 0 aliphatic carbocycles. The molecule has 1 atom stereocenters. The first-order valence-electron chi connectivity index (χ1n) is 4.21. The molecule has 0 aliphatic heterocycles. The van der Waals surface area contributed by atoms with Gasteiger partial charge in [-0.05, 0) is 40.5 Å². The van der Waals surface area contributed by atoms with Crippen molar-refractivity contribution in [3.63, 3.8) is 0 Å². The second kappa shape index (κ2) is 4.66. The Bertz CT molecular complexity index is 354. The average molecular weight is 260 g/mol. The normalized spacial score (nSPS) is 12.6. The van der Waals surface area contributed by atoms with E-state index in [2.05, 4.69) is 15.9 Å². The molecule has 1 unspecified atom stereocenters. The van der Waals surface area contributed by atoms with E-state index in [0.717, 1.165) is 0 Å². The molecule has 0 heterocycles. The van der Waals surface area contributed by atoms with Crippen LogP contribution in [0.1, 0.15) is 18.4 Å². The molecule has 1 aromatic carbocycles. The van der Waals surface area contributed by atoms with Gasteiger partial charge in [-0.1, -0.05) is 6.07 Å². The highest BCUT2D eigenvalue weighted by atomic mass is 79.9. The van der Waals surface area contributed by atoms with Crippen LogP contribution in [-0.2, 0) is 4.79 Å². The number of carbonyl (C=O) groups excluding carboxylic acids is 1. The number of Topliss-reactive ketones (excluding diaryl/α,β-unsaturated/α-hetero) is 1. The summed E-state index contributed by atoms with van der Waals surface area (Å²) in [5.41, 5.74) is 6.06. The van der Waals surface area contributed by atoms with E-state index in [4.69, 9.17) is 5.73 Å². The predicted octanol–water partition coefficient (Wildman–Crippen LogP) is 2.22. The van der Waals surface area contributed by atoms with Crippen molar-refractivity contribution in [2.75, 3.05) is 6.54 Å². The fourth-order valence-electron chi connectivity index (χ4n) is 1.27. The Hall–Kier alpha value is -0.740. The van der Waals surface area contributed by atoms with Crippen LogP contribution in [0.5, 0.6) is 0 Å². The Morgan fingerprint density at radius 3 is 2.71 bits per heavy atom. The minimum absolute atomic E-state index is 0.0470. The summed E-state index contributed by atoms with van der Waals surface area (Å²) >= 11 is 3.05. The second-order valence-corrected chi connectivity index (χ2v) is 3.93. The molecule has 1 aromatic rings. The van der Waals surface area contributed by atoms with Gasteiger partial charge in [0.15, 0.2) is 0 Å². The summed E-state index contributed by atoms with van der Waals surface area (Å²) < 4.78 is 13.5. The summed E-state index contributed by atoms with van der Waals surface area (Å²) in [7, 11) is 0. The Morgan fingerprint density at radius 2 is 2.29 bits per heavy atom. The summed E-state index contributed by atoms with van der Waals surface area (Å²) in [4.78, 5) is 11.2. The molecule has 0 saturated carbocycles. The molecule has 1 rings (SSSR count). The standard InChI is InChI=1S/C10H11BrFNO/c1-6(14)8(5-13)7-2-3-9(11)10(12)4-7/h2-4,8H,5,13H2,1H3. The van der Waals surface area contributed by atoms with Crippen molar-refractivity contribution < 1.29 is 9.18 Å². The van der Waals surface area contributed by atoms with Crippen molar-refractivity contribution in [1.29, 1.82) is 0 Å². The number of nitrogens with two attached hydrogens (primary N) is 1. The molecule has 2 N–H and O–H groups in total. The van der Waals surface area contributed by atoms with Gasteiger partial charge in [0.2, 0.25) is 0 Å². The summed E-state index contributed by atoms with van der Waals surface area (Å²) in [6, 6.07) is 4.62. The smallest absolute Gasteiger partial charge is 0.138 e. The first-order valence-corrected chi connectivity index (χ1v) is 5.01. The van der Waals surface area contributed by atoms with Crippen LogP contribution in [0.4, 0.5) is 4.39 Å². The van der Waals surface area contributed by atoms with E-state index < -0.39 is 5.92 Å². The van der Waals surface area contributed by atoms with E-state index in [-0.39, 0.29) is 18.1 Å². The van der Waals surface area contributed by atoms with Crippen molar-refractivity contribution in [2.45, 2.75) is 12.8 Å². The van der Waals surface area contributed by atoms with Crippen LogP contribution in [0.25, 0.3) is 0 Å². The minimum Gasteiger partial charge on any atom is -0.329 e. The molecule has 14 heavy (non-hydrogen) atoms. The molecule has 76 valence electrons. The molecular formula is C10H11BrFNO. The zero-order chi connectivity index (χ0) is 10.7. The first kappa shape index (κ1) is 11.3. The van der Waals surface area contributed by atoms with E-state index in [9.17, 15) is 9.18 Å². The lowest BCUT2D eigenvalue weighted by Crippen LogP contribution is -2.19. The summed E-state index contributed by atoms with van der Waals surface area (Å²) in [6.07, 6.45) is 0. The van der Waals surface area contributed by atoms with Crippen molar-refractivity contribution in [2.24, 2.45) is 5.73 Å². The van der Waals surface area contributed by atoms with E-state index in [1.165, 1.54) is 13.0 Å². The number of benzene rings is 1. The third kappa shape index (κ3) is 2.39. The Labute approximate surface area is 90.4 Å². The SMILES string of the molecule is CC(=O)C(CN)c1ccc(Br)c(F)c1. The molecule has 0 bridgehead atoms. The fraction of sp³-hybridized carbons (Fsp3) is 0.300. The molecule has 0 saturated heterocycles. The molecule has 0 aromatic heterocycles. The van der Waals surface area contributed by atoms with E-state index in [1.807, 2.05) is 0 Å². The van der Waals surface area contributed by atoms with Crippen molar-refractivity contribution in [1.82, 2.24) is 0 Å². The largest absolute Gasteiger partial charge is 0.329 e. The predicted molar refractivity (Wildman–Crippen MR) is 56.6 cm³/mol. The van der Waals surface area contributed by atoms with E-state index in [1.54, 1.807) is 12.1 Å². The molecule has 0 amide bonds. The lowest BCUT2D eigenvalue weighted by Gasteiger charge is -2.11. The van der Waals surface area contributed by atoms with Gasteiger partial charge in [0.25, 0.3) is 0 Å². The third-order valence-corrected chi connectivity index (χ3v) is 2.72. The molecule has 0 aliphatic rings. The van der Waals surface area contributed by atoms with Gasteiger partial charge >= 0.3 is 0 Å². The van der Waals surface area contributed by atoms with Crippen LogP contribution in [0.2, 0.25) is 0 Å². The number of hydrogen-bond donors (Lipinski definition) is 1. The highest BCUT2D eigenvalue weighted by molar-refractivity contribution is 9.10. The van der Waals surface area contributed by atoms with E-state index >= 15 is 0 Å². The summed E-state index contributed by atoms with van der Waals surface area (Å²) in [6.45, 7) is 1.66. The fourth-order valence-corrected chi connectivity index (χ4v) is 1.51. The lowest BCUT2D eigenvalue weighted by atomic mass is 9.96. The van der Waals surface area contributed by atoms with E-state index in [0.29, 0.717) is 10.0 Å². The Kier molecular flexibility index (Phi) is 3.77. The maximum atomic E-state index is 13.1. The molecule has 0 radical (unpaired) electrons. The van der Waals surface area contributed by atoms with Gasteiger partial charge in [-0.2, -0.15) is 0 Å². The number of halogens is 2. The van der Waals surface area contributed by atoms with Crippen LogP contribution < -0.4 is 5.73 Å². The average Bonchev–Trinajstić information content (AvgIpc) is 2.11. The zero-order valence-corrected chi connectivity index (χ0v) is 9.34. The molecule has 4 heteroatoms. The molecular weight excluding hydrogens is 249 g/mol. The van der Waals surface area contributed by atoms with Gasteiger partial charge in [-0.3, -0.25) is 4.79 Å². The number of ketones is 1. The van der Waals surface area contributed by atoms with Crippen LogP contribution in [0.15, 0.2) is 22.7 Å². The minimum atomic E-state index is -0.405. The number of hydrogen-bond acceptors (Lipinski definition) is 2. The van der Waals surface area contributed by atoms with Gasteiger partial charge in [-0.15, -0.1) is 0 Å². The highest BCUT2D eigenvalue weighted by Crippen LogP contribution is 2.22. The van der Waals surface area contributed by atoms with Gasteiger partial charge in [0.1, 0.15) is 11.6 Å². The molecule has 2 nitrogen and oxygen atoms in total. The highest BCUT2D eigenvalue weighted by Gasteiger charge is 2.15. The van der Waals surface area contributed by atoms with Gasteiger partial charge < -0.3 is 5.73 Å². The number of rotatable bonds is 3. The first-order chi connectivity index (χ1) is 6.56. The Balaban J connectivity index is 3.06. The van der Waals surface area contributed by atoms with Gasteiger partial charge in [0, 0.05) is 6.54 Å². The maximum Gasteiger partial charge on any atom is 0.138 e. The van der Waals surface area contributed by atoms with Gasteiger partial charge in [0.05, 0.1) is 10.4 Å². The third-order valence-electron chi connectivity index (χ3n) is 2.07. The van der Waals surface area contributed by atoms with Crippen molar-refractivity contribution in [3.05, 3.63) is 34.1 Å². The molecule has 0 spiro atoms. The number of carbonyl (C=O) groups is 1. The molecule has 0 fully saturated rings. The second-order valence-electron chi connectivity index (χ2n) is 3.07. The lowest BCUT2D eigenvalue weighted by molar-refractivity contribution is -0.118. The van der Waals surface area contributed by atoms with Gasteiger partial charge in [-0.25, -0.2) is 4.39 Å².